The molecule has 1 aliphatic rings. The van der Waals surface area contributed by atoms with Crippen LogP contribution in [0.3, 0.4) is 0 Å². The number of amides is 2. The highest BCUT2D eigenvalue weighted by atomic mass is 35.5. The number of sulfonamides is 1. The zero-order valence-corrected chi connectivity index (χ0v) is 19.7. The number of carbonyl (C=O) groups excluding carboxylic acids is 2. The number of nitrogens with one attached hydrogen (secondary N) is 1. The van der Waals surface area contributed by atoms with Gasteiger partial charge in [-0.15, -0.1) is 0 Å². The summed E-state index contributed by atoms with van der Waals surface area (Å²) in [7, 11) is -1.57. The van der Waals surface area contributed by atoms with Crippen molar-refractivity contribution in [3.05, 3.63) is 58.1 Å². The number of hydrogen-bond donors (Lipinski definition) is 1. The van der Waals surface area contributed by atoms with Crippen LogP contribution < -0.4 is 10.1 Å². The SMILES string of the molecule is COC[C@@H]1C(=O)NC[C@H](Cc2cc(Cl)ccc2OC)C(=O)N1S(=O)(=O)c1ccc(Cl)cc1. The number of benzene rings is 2. The van der Waals surface area contributed by atoms with E-state index < -0.39 is 33.8 Å². The lowest BCUT2D eigenvalue weighted by Crippen LogP contribution is -2.52. The lowest BCUT2D eigenvalue weighted by molar-refractivity contribution is -0.136. The van der Waals surface area contributed by atoms with Gasteiger partial charge in [-0.3, -0.25) is 9.59 Å². The smallest absolute Gasteiger partial charge is 0.267 e. The molecule has 1 fully saturated rings. The van der Waals surface area contributed by atoms with Crippen LogP contribution in [-0.4, -0.2) is 58.0 Å². The van der Waals surface area contributed by atoms with Gasteiger partial charge < -0.3 is 14.8 Å². The maximum Gasteiger partial charge on any atom is 0.267 e. The molecule has 11 heteroatoms. The number of carbonyl (C=O) groups is 2. The summed E-state index contributed by atoms with van der Waals surface area (Å²) in [4.78, 5) is 26.1. The van der Waals surface area contributed by atoms with Gasteiger partial charge in [0.1, 0.15) is 11.8 Å². The topological polar surface area (TPSA) is 102 Å². The van der Waals surface area contributed by atoms with Crippen LogP contribution in [0.4, 0.5) is 0 Å². The molecule has 0 aliphatic carbocycles. The van der Waals surface area contributed by atoms with E-state index >= 15 is 0 Å². The molecule has 2 aromatic rings. The van der Waals surface area contributed by atoms with Crippen molar-refractivity contribution in [2.24, 2.45) is 5.92 Å². The minimum absolute atomic E-state index is 0.0554. The minimum atomic E-state index is -4.38. The zero-order chi connectivity index (χ0) is 23.5. The van der Waals surface area contributed by atoms with Crippen LogP contribution in [0.25, 0.3) is 0 Å². The van der Waals surface area contributed by atoms with Gasteiger partial charge in [0.2, 0.25) is 11.8 Å². The molecule has 2 atom stereocenters. The molecule has 32 heavy (non-hydrogen) atoms. The van der Waals surface area contributed by atoms with E-state index in [-0.39, 0.29) is 24.5 Å². The third-order valence-corrected chi connectivity index (χ3v) is 7.39. The van der Waals surface area contributed by atoms with Crippen molar-refractivity contribution in [1.29, 1.82) is 0 Å². The predicted molar refractivity (Wildman–Crippen MR) is 119 cm³/mol. The maximum atomic E-state index is 13.6. The van der Waals surface area contributed by atoms with E-state index in [0.29, 0.717) is 25.7 Å². The number of hydrogen-bond acceptors (Lipinski definition) is 6. The molecule has 172 valence electrons. The molecule has 0 radical (unpaired) electrons. The van der Waals surface area contributed by atoms with Gasteiger partial charge in [0.05, 0.1) is 24.5 Å². The normalized spacial score (nSPS) is 19.4. The van der Waals surface area contributed by atoms with Crippen molar-refractivity contribution >= 4 is 45.0 Å². The van der Waals surface area contributed by atoms with E-state index in [2.05, 4.69) is 5.32 Å². The molecule has 0 saturated carbocycles. The Kier molecular flexibility index (Phi) is 7.66. The molecule has 1 saturated heterocycles. The third kappa shape index (κ3) is 5.01. The second kappa shape index (κ2) is 10.1. The van der Waals surface area contributed by atoms with Crippen molar-refractivity contribution in [3.63, 3.8) is 0 Å². The molecule has 2 aromatic carbocycles. The van der Waals surface area contributed by atoms with Gasteiger partial charge in [-0.1, -0.05) is 23.2 Å². The van der Waals surface area contributed by atoms with Gasteiger partial charge in [-0.25, -0.2) is 12.7 Å². The molecule has 8 nitrogen and oxygen atoms in total. The first kappa shape index (κ1) is 24.3. The van der Waals surface area contributed by atoms with Crippen molar-refractivity contribution in [3.8, 4) is 5.75 Å². The first-order valence-electron chi connectivity index (χ1n) is 9.62. The average Bonchev–Trinajstić information content (AvgIpc) is 2.86. The molecular weight excluding hydrogens is 479 g/mol. The zero-order valence-electron chi connectivity index (χ0n) is 17.4. The van der Waals surface area contributed by atoms with E-state index in [0.717, 1.165) is 0 Å². The van der Waals surface area contributed by atoms with Crippen molar-refractivity contribution < 1.29 is 27.5 Å². The summed E-state index contributed by atoms with van der Waals surface area (Å²) in [5, 5.41) is 3.43. The number of nitrogens with zero attached hydrogens (tertiary/aromatic N) is 1. The monoisotopic (exact) mass is 500 g/mol. The van der Waals surface area contributed by atoms with E-state index in [1.165, 1.54) is 38.5 Å². The molecule has 1 heterocycles. The first-order valence-corrected chi connectivity index (χ1v) is 11.8. The molecule has 3 rings (SSSR count). The Morgan fingerprint density at radius 2 is 1.72 bits per heavy atom. The summed E-state index contributed by atoms with van der Waals surface area (Å²) in [6, 6.07) is 8.95. The van der Waals surface area contributed by atoms with Crippen LogP contribution in [-0.2, 0) is 30.8 Å². The first-order chi connectivity index (χ1) is 15.2. The Labute approximate surface area is 196 Å². The number of halogens is 2. The largest absolute Gasteiger partial charge is 0.496 e. The lowest BCUT2D eigenvalue weighted by Gasteiger charge is -2.29. The maximum absolute atomic E-state index is 13.6. The quantitative estimate of drug-likeness (QED) is 0.626. The Bertz CT molecular complexity index is 1110. The summed E-state index contributed by atoms with van der Waals surface area (Å²) in [5.41, 5.74) is 0.613. The molecule has 0 unspecified atom stereocenters. The second-order valence-electron chi connectivity index (χ2n) is 7.17. The highest BCUT2D eigenvalue weighted by Crippen LogP contribution is 2.29. The molecule has 0 bridgehead atoms. The molecule has 1 aliphatic heterocycles. The Morgan fingerprint density at radius 1 is 1.06 bits per heavy atom. The average molecular weight is 501 g/mol. The van der Waals surface area contributed by atoms with E-state index in [4.69, 9.17) is 32.7 Å². The fourth-order valence-corrected chi connectivity index (χ4v) is 5.41. The number of rotatable bonds is 7. The minimum Gasteiger partial charge on any atom is -0.496 e. The summed E-state index contributed by atoms with van der Waals surface area (Å²) in [6.45, 7) is -0.349. The van der Waals surface area contributed by atoms with E-state index in [1.54, 1.807) is 18.2 Å². The van der Waals surface area contributed by atoms with Gasteiger partial charge in [0.15, 0.2) is 0 Å². The predicted octanol–water partition coefficient (Wildman–Crippen LogP) is 2.52. The van der Waals surface area contributed by atoms with Gasteiger partial charge in [-0.05, 0) is 54.4 Å². The van der Waals surface area contributed by atoms with Crippen molar-refractivity contribution in [2.45, 2.75) is 17.4 Å². The lowest BCUT2D eigenvalue weighted by atomic mass is 9.97. The molecule has 0 spiro atoms. The van der Waals surface area contributed by atoms with Gasteiger partial charge in [-0.2, -0.15) is 0 Å². The second-order valence-corrected chi connectivity index (χ2v) is 9.85. The van der Waals surface area contributed by atoms with Crippen LogP contribution in [0.15, 0.2) is 47.4 Å². The van der Waals surface area contributed by atoms with Gasteiger partial charge >= 0.3 is 0 Å². The van der Waals surface area contributed by atoms with Crippen molar-refractivity contribution in [2.75, 3.05) is 27.4 Å². The Balaban J connectivity index is 2.05. The summed E-state index contributed by atoms with van der Waals surface area (Å²) in [5.74, 6) is -1.74. The van der Waals surface area contributed by atoms with Crippen molar-refractivity contribution in [1.82, 2.24) is 9.62 Å². The van der Waals surface area contributed by atoms with Crippen LogP contribution in [0.2, 0.25) is 10.0 Å². The molecular formula is C21H22Cl2N2O6S. The van der Waals surface area contributed by atoms with E-state index in [9.17, 15) is 18.0 Å². The summed E-state index contributed by atoms with van der Waals surface area (Å²) >= 11 is 12.0. The highest BCUT2D eigenvalue weighted by Gasteiger charge is 2.45. The van der Waals surface area contributed by atoms with Crippen LogP contribution in [0.1, 0.15) is 5.56 Å². The fourth-order valence-electron chi connectivity index (χ4n) is 3.51. The van der Waals surface area contributed by atoms with Crippen LogP contribution in [0.5, 0.6) is 5.75 Å². The number of ether oxygens (including phenoxy) is 2. The van der Waals surface area contributed by atoms with Crippen LogP contribution in [0, 0.1) is 5.92 Å². The van der Waals surface area contributed by atoms with E-state index in [1.807, 2.05) is 0 Å². The number of methoxy groups -OCH3 is 2. The Morgan fingerprint density at radius 3 is 2.34 bits per heavy atom. The van der Waals surface area contributed by atoms with Crippen LogP contribution >= 0.6 is 23.2 Å². The highest BCUT2D eigenvalue weighted by molar-refractivity contribution is 7.89. The summed E-state index contributed by atoms with van der Waals surface area (Å²) in [6.07, 6.45) is 0.106. The van der Waals surface area contributed by atoms with Gasteiger partial charge in [0.25, 0.3) is 10.0 Å². The molecule has 0 aromatic heterocycles. The standard InChI is InChI=1S/C21H22Cl2N2O6S/c1-30-12-18-20(26)24-11-14(9-13-10-16(23)5-8-19(13)31-2)21(27)25(18)32(28,29)17-6-3-15(22)4-7-17/h3-8,10,14,18H,9,11-12H2,1-2H3,(H,24,26)/t14-,18+/m0/s1. The summed E-state index contributed by atoms with van der Waals surface area (Å²) < 4.78 is 37.9. The molecule has 2 amide bonds. The Hall–Kier alpha value is -2.33. The van der Waals surface area contributed by atoms with Gasteiger partial charge in [0, 0.05) is 23.7 Å². The fraction of sp³-hybridized carbons (Fsp3) is 0.333. The molecule has 1 N–H and O–H groups in total. The third-order valence-electron chi connectivity index (χ3n) is 5.08.